The van der Waals surface area contributed by atoms with E-state index in [0.717, 1.165) is 29.8 Å². The van der Waals surface area contributed by atoms with Crippen molar-refractivity contribution in [3.63, 3.8) is 0 Å². The van der Waals surface area contributed by atoms with E-state index in [9.17, 15) is 9.59 Å². The molecule has 1 heterocycles. The number of para-hydroxylation sites is 1. The van der Waals surface area contributed by atoms with Crippen LogP contribution in [0, 0.1) is 5.92 Å². The maximum atomic E-state index is 11.8. The number of aromatic nitrogens is 1. The fourth-order valence-corrected chi connectivity index (χ4v) is 3.36. The molecule has 124 valence electrons. The summed E-state index contributed by atoms with van der Waals surface area (Å²) in [5.41, 5.74) is 1.02. The van der Waals surface area contributed by atoms with Crippen LogP contribution in [0.15, 0.2) is 24.3 Å². The van der Waals surface area contributed by atoms with E-state index < -0.39 is 12.0 Å². The molecule has 2 rings (SSSR count). The fraction of sp³-hybridized carbons (Fsp3) is 0.471. The lowest BCUT2D eigenvalue weighted by atomic mass is 10.0. The number of aryl methyl sites for hydroxylation is 1. The molecule has 1 aromatic heterocycles. The third kappa shape index (κ3) is 5.03. The first-order valence-electron chi connectivity index (χ1n) is 7.84. The number of carbonyl (C=O) groups is 2. The number of hydrogen-bond donors (Lipinski definition) is 2. The number of carboxylic acid groups (broad SMARTS) is 1. The lowest BCUT2D eigenvalue weighted by Crippen LogP contribution is -2.44. The van der Waals surface area contributed by atoms with Crippen molar-refractivity contribution < 1.29 is 14.7 Å². The van der Waals surface area contributed by atoms with Crippen LogP contribution in [0.5, 0.6) is 0 Å². The monoisotopic (exact) mass is 334 g/mol. The van der Waals surface area contributed by atoms with Crippen LogP contribution in [-0.4, -0.2) is 28.0 Å². The Hall–Kier alpha value is -1.95. The van der Waals surface area contributed by atoms with Crippen molar-refractivity contribution in [3.05, 3.63) is 29.3 Å². The minimum Gasteiger partial charge on any atom is -0.480 e. The first-order valence-corrected chi connectivity index (χ1v) is 8.65. The van der Waals surface area contributed by atoms with Gasteiger partial charge in [-0.2, -0.15) is 0 Å². The number of carboxylic acids is 1. The molecular weight excluding hydrogens is 312 g/mol. The highest BCUT2D eigenvalue weighted by molar-refractivity contribution is 7.18. The molecule has 0 aliphatic rings. The largest absolute Gasteiger partial charge is 0.480 e. The van der Waals surface area contributed by atoms with Gasteiger partial charge in [0, 0.05) is 6.42 Å². The Labute approximate surface area is 139 Å². The second kappa shape index (κ2) is 8.06. The van der Waals surface area contributed by atoms with Crippen LogP contribution in [0.1, 0.15) is 38.1 Å². The van der Waals surface area contributed by atoms with E-state index in [-0.39, 0.29) is 11.8 Å². The van der Waals surface area contributed by atoms with Gasteiger partial charge in [0.25, 0.3) is 0 Å². The molecule has 0 saturated heterocycles. The lowest BCUT2D eigenvalue weighted by molar-refractivity contribution is -0.143. The number of unbranched alkanes of at least 4 members (excludes halogenated alkanes) is 1. The molecule has 1 aromatic carbocycles. The molecule has 1 amide bonds. The Morgan fingerprint density at radius 3 is 2.65 bits per heavy atom. The normalized spacial score (nSPS) is 12.5. The van der Waals surface area contributed by atoms with Gasteiger partial charge in [-0.3, -0.25) is 4.79 Å². The highest BCUT2D eigenvalue weighted by Crippen LogP contribution is 2.22. The summed E-state index contributed by atoms with van der Waals surface area (Å²) < 4.78 is 1.18. The van der Waals surface area contributed by atoms with Crippen molar-refractivity contribution in [2.45, 2.75) is 45.6 Å². The Morgan fingerprint density at radius 1 is 1.26 bits per heavy atom. The van der Waals surface area contributed by atoms with Gasteiger partial charge in [-0.15, -0.1) is 11.3 Å². The van der Waals surface area contributed by atoms with Gasteiger partial charge in [0.05, 0.1) is 15.2 Å². The summed E-state index contributed by atoms with van der Waals surface area (Å²) in [6, 6.07) is 7.22. The van der Waals surface area contributed by atoms with Crippen LogP contribution in [0.4, 0.5) is 0 Å². The maximum Gasteiger partial charge on any atom is 0.326 e. The zero-order valence-electron chi connectivity index (χ0n) is 13.4. The van der Waals surface area contributed by atoms with E-state index in [1.54, 1.807) is 25.2 Å². The maximum absolute atomic E-state index is 11.8. The smallest absolute Gasteiger partial charge is 0.326 e. The molecule has 2 aromatic rings. The molecule has 0 saturated carbocycles. The van der Waals surface area contributed by atoms with Gasteiger partial charge in [-0.05, 0) is 37.3 Å². The van der Waals surface area contributed by atoms with Crippen molar-refractivity contribution in [1.82, 2.24) is 10.3 Å². The third-order valence-electron chi connectivity index (χ3n) is 3.63. The summed E-state index contributed by atoms with van der Waals surface area (Å²) in [5.74, 6) is -1.31. The number of nitrogens with one attached hydrogen (secondary N) is 1. The highest BCUT2D eigenvalue weighted by atomic mass is 32.1. The average molecular weight is 334 g/mol. The molecule has 1 atom stereocenters. The molecule has 5 nitrogen and oxygen atoms in total. The predicted molar refractivity (Wildman–Crippen MR) is 91.6 cm³/mol. The van der Waals surface area contributed by atoms with E-state index in [2.05, 4.69) is 16.4 Å². The molecule has 0 bridgehead atoms. The number of carbonyl (C=O) groups excluding carboxylic acids is 1. The van der Waals surface area contributed by atoms with Crippen molar-refractivity contribution in [3.8, 4) is 0 Å². The number of benzene rings is 1. The molecule has 0 unspecified atom stereocenters. The molecule has 2 N–H and O–H groups in total. The highest BCUT2D eigenvalue weighted by Gasteiger charge is 2.22. The van der Waals surface area contributed by atoms with Crippen molar-refractivity contribution in [2.75, 3.05) is 0 Å². The fourth-order valence-electron chi connectivity index (χ4n) is 2.35. The molecule has 0 radical (unpaired) electrons. The Bertz CT molecular complexity index is 648. The molecule has 6 heteroatoms. The van der Waals surface area contributed by atoms with Gasteiger partial charge in [-0.25, -0.2) is 9.78 Å². The summed E-state index contributed by atoms with van der Waals surface area (Å²) in [5, 5.41) is 12.7. The van der Waals surface area contributed by atoms with E-state index in [4.69, 9.17) is 5.11 Å². The van der Waals surface area contributed by atoms with E-state index >= 15 is 0 Å². The first-order chi connectivity index (χ1) is 11.0. The number of hydrogen-bond acceptors (Lipinski definition) is 4. The molecule has 23 heavy (non-hydrogen) atoms. The third-order valence-corrected chi connectivity index (χ3v) is 4.73. The van der Waals surface area contributed by atoms with Crippen LogP contribution in [-0.2, 0) is 16.0 Å². The summed E-state index contributed by atoms with van der Waals surface area (Å²) in [6.45, 7) is 3.57. The zero-order chi connectivity index (χ0) is 16.8. The number of aliphatic carboxylic acids is 1. The van der Waals surface area contributed by atoms with Gasteiger partial charge in [0.15, 0.2) is 0 Å². The van der Waals surface area contributed by atoms with E-state index in [0.29, 0.717) is 6.42 Å². The summed E-state index contributed by atoms with van der Waals surface area (Å²) in [7, 11) is 0. The molecule has 0 aliphatic heterocycles. The molecule has 0 aliphatic carbocycles. The van der Waals surface area contributed by atoms with Gasteiger partial charge in [-0.1, -0.05) is 26.0 Å². The number of amides is 1. The number of nitrogens with zero attached hydrogens (tertiary/aromatic N) is 1. The van der Waals surface area contributed by atoms with E-state index in [1.165, 1.54) is 4.70 Å². The minimum atomic E-state index is -0.983. The van der Waals surface area contributed by atoms with Crippen LogP contribution in [0.2, 0.25) is 0 Å². The average Bonchev–Trinajstić information content (AvgIpc) is 2.91. The number of rotatable bonds is 8. The summed E-state index contributed by atoms with van der Waals surface area (Å²) >= 11 is 1.69. The standard InChI is InChI=1S/C17H22N2O3S/c1-11(2)16(17(21)22)19-14(20)9-5-6-10-15-18-12-7-3-4-8-13(12)23-15/h3-4,7-8,11,16H,5-6,9-10H2,1-2H3,(H,19,20)(H,21,22)/t16-/m1/s1. The molecular formula is C17H22N2O3S. The van der Waals surface area contributed by atoms with Crippen LogP contribution in [0.25, 0.3) is 10.2 Å². The van der Waals surface area contributed by atoms with Gasteiger partial charge >= 0.3 is 5.97 Å². The van der Waals surface area contributed by atoms with Crippen molar-refractivity contribution >= 4 is 33.4 Å². The number of thiazole rings is 1. The van der Waals surface area contributed by atoms with Gasteiger partial charge in [0.1, 0.15) is 6.04 Å². The second-order valence-corrected chi connectivity index (χ2v) is 7.03. The Kier molecular flexibility index (Phi) is 6.10. The lowest BCUT2D eigenvalue weighted by Gasteiger charge is -2.17. The zero-order valence-corrected chi connectivity index (χ0v) is 14.2. The SMILES string of the molecule is CC(C)[C@@H](NC(=O)CCCCc1nc2ccccc2s1)C(=O)O. The topological polar surface area (TPSA) is 79.3 Å². The Balaban J connectivity index is 1.74. The first kappa shape index (κ1) is 17.4. The van der Waals surface area contributed by atoms with Gasteiger partial charge < -0.3 is 10.4 Å². The minimum absolute atomic E-state index is 0.126. The molecule has 0 spiro atoms. The predicted octanol–water partition coefficient (Wildman–Crippen LogP) is 3.23. The van der Waals surface area contributed by atoms with E-state index in [1.807, 2.05) is 18.2 Å². The summed E-state index contributed by atoms with van der Waals surface area (Å²) in [6.07, 6.45) is 2.79. The quantitative estimate of drug-likeness (QED) is 0.726. The van der Waals surface area contributed by atoms with Crippen molar-refractivity contribution in [1.29, 1.82) is 0 Å². The van der Waals surface area contributed by atoms with Crippen LogP contribution < -0.4 is 5.32 Å². The second-order valence-electron chi connectivity index (χ2n) is 5.91. The molecule has 0 fully saturated rings. The number of fused-ring (bicyclic) bond motifs is 1. The Morgan fingerprint density at radius 2 is 2.00 bits per heavy atom. The van der Waals surface area contributed by atoms with Crippen LogP contribution in [0.3, 0.4) is 0 Å². The van der Waals surface area contributed by atoms with Crippen LogP contribution >= 0.6 is 11.3 Å². The van der Waals surface area contributed by atoms with Gasteiger partial charge in [0.2, 0.25) is 5.91 Å². The van der Waals surface area contributed by atoms with Crippen molar-refractivity contribution in [2.24, 2.45) is 5.92 Å². The summed E-state index contributed by atoms with van der Waals surface area (Å²) in [4.78, 5) is 27.4.